The summed E-state index contributed by atoms with van der Waals surface area (Å²) in [5.74, 6) is 0. The summed E-state index contributed by atoms with van der Waals surface area (Å²) in [5, 5.41) is 0. The van der Waals surface area contributed by atoms with Crippen LogP contribution in [-0.4, -0.2) is 6.29 Å². The van der Waals surface area contributed by atoms with E-state index in [0.717, 1.165) is 19.1 Å². The van der Waals surface area contributed by atoms with Crippen LogP contribution in [0.2, 0.25) is 0 Å². The molecule has 0 saturated carbocycles. The molecule has 0 aromatic carbocycles. The first-order valence-corrected chi connectivity index (χ1v) is 5.53. The predicted octanol–water partition coefficient (Wildman–Crippen LogP) is 3.80. The summed E-state index contributed by atoms with van der Waals surface area (Å²) < 4.78 is 0. The van der Waals surface area contributed by atoms with E-state index in [4.69, 9.17) is 0 Å². The summed E-state index contributed by atoms with van der Waals surface area (Å²) in [6.45, 7) is 4.25. The lowest BCUT2D eigenvalue weighted by Gasteiger charge is -2.19. The van der Waals surface area contributed by atoms with E-state index in [1.165, 1.54) is 36.0 Å². The van der Waals surface area contributed by atoms with Crippen molar-refractivity contribution < 1.29 is 4.79 Å². The molecule has 1 nitrogen and oxygen atoms in total. The molecule has 1 heteroatoms. The Kier molecular flexibility index (Phi) is 4.64. The van der Waals surface area contributed by atoms with Crippen molar-refractivity contribution in [3.63, 3.8) is 0 Å². The molecule has 1 rings (SSSR count). The lowest BCUT2D eigenvalue weighted by Crippen LogP contribution is -2.01. The number of hydrogen-bond donors (Lipinski definition) is 0. The maximum atomic E-state index is 10.5. The molecule has 0 spiro atoms. The van der Waals surface area contributed by atoms with Gasteiger partial charge in [-0.3, -0.25) is 0 Å². The van der Waals surface area contributed by atoms with Crippen molar-refractivity contribution in [1.29, 1.82) is 0 Å². The van der Waals surface area contributed by atoms with Gasteiger partial charge in [-0.25, -0.2) is 0 Å². The first kappa shape index (κ1) is 11.2. The van der Waals surface area contributed by atoms with E-state index in [0.29, 0.717) is 6.42 Å². The van der Waals surface area contributed by atoms with Crippen LogP contribution < -0.4 is 0 Å². The molecule has 78 valence electrons. The molecule has 1 aliphatic carbocycles. The Balaban J connectivity index is 2.72. The zero-order chi connectivity index (χ0) is 10.4. The zero-order valence-corrected chi connectivity index (χ0v) is 9.31. The first-order chi connectivity index (χ1) is 6.77. The Morgan fingerprint density at radius 1 is 1.29 bits per heavy atom. The molecule has 0 N–H and O–H groups in total. The molecule has 0 aliphatic heterocycles. The molecule has 0 unspecified atom stereocenters. The second kappa shape index (κ2) is 5.79. The number of aldehydes is 1. The van der Waals surface area contributed by atoms with Gasteiger partial charge in [-0.15, -0.1) is 0 Å². The summed E-state index contributed by atoms with van der Waals surface area (Å²) in [6, 6.07) is 0. The minimum absolute atomic E-state index is 0.659. The van der Waals surface area contributed by atoms with E-state index < -0.39 is 0 Å². The van der Waals surface area contributed by atoms with Gasteiger partial charge in [0.2, 0.25) is 0 Å². The highest BCUT2D eigenvalue weighted by Crippen LogP contribution is 2.30. The van der Waals surface area contributed by atoms with Gasteiger partial charge in [0.1, 0.15) is 6.29 Å². The third kappa shape index (κ3) is 3.13. The third-order valence-corrected chi connectivity index (χ3v) is 3.02. The molecule has 0 amide bonds. The average molecular weight is 192 g/mol. The van der Waals surface area contributed by atoms with Crippen molar-refractivity contribution in [2.45, 2.75) is 52.4 Å². The van der Waals surface area contributed by atoms with Crippen molar-refractivity contribution in [3.05, 3.63) is 22.8 Å². The van der Waals surface area contributed by atoms with Crippen LogP contribution >= 0.6 is 0 Å². The number of hydrogen-bond acceptors (Lipinski definition) is 1. The van der Waals surface area contributed by atoms with E-state index >= 15 is 0 Å². The second-order valence-electron chi connectivity index (χ2n) is 4.10. The molecule has 14 heavy (non-hydrogen) atoms. The summed E-state index contributed by atoms with van der Waals surface area (Å²) in [4.78, 5) is 10.5. The van der Waals surface area contributed by atoms with Gasteiger partial charge in [0, 0.05) is 6.42 Å². The molecule has 0 saturated heterocycles. The van der Waals surface area contributed by atoms with E-state index in [9.17, 15) is 4.79 Å². The number of rotatable bonds is 4. The van der Waals surface area contributed by atoms with Crippen LogP contribution in [0.25, 0.3) is 0 Å². The van der Waals surface area contributed by atoms with Gasteiger partial charge in [0.25, 0.3) is 0 Å². The van der Waals surface area contributed by atoms with E-state index in [2.05, 4.69) is 19.9 Å². The topological polar surface area (TPSA) is 17.1 Å². The zero-order valence-electron chi connectivity index (χ0n) is 9.31. The van der Waals surface area contributed by atoms with Crippen LogP contribution in [-0.2, 0) is 4.79 Å². The van der Waals surface area contributed by atoms with Crippen molar-refractivity contribution in [2.75, 3.05) is 0 Å². The van der Waals surface area contributed by atoms with Crippen LogP contribution in [0.4, 0.5) is 0 Å². The summed E-state index contributed by atoms with van der Waals surface area (Å²) in [6.07, 6.45) is 9.87. The Morgan fingerprint density at radius 2 is 1.93 bits per heavy atom. The van der Waals surface area contributed by atoms with Gasteiger partial charge in [-0.05, 0) is 46.0 Å². The number of carbonyl (C=O) groups excluding carboxylic acids is 1. The maximum absolute atomic E-state index is 10.5. The fourth-order valence-electron chi connectivity index (χ4n) is 2.03. The van der Waals surface area contributed by atoms with Gasteiger partial charge in [-0.1, -0.05) is 22.8 Å². The minimum atomic E-state index is 0.659. The highest BCUT2D eigenvalue weighted by molar-refractivity contribution is 5.55. The van der Waals surface area contributed by atoms with Crippen LogP contribution in [0.15, 0.2) is 22.8 Å². The smallest absolute Gasteiger partial charge is 0.124 e. The summed E-state index contributed by atoms with van der Waals surface area (Å²) >= 11 is 0. The van der Waals surface area contributed by atoms with Crippen molar-refractivity contribution >= 4 is 6.29 Å². The third-order valence-electron chi connectivity index (χ3n) is 3.02. The lowest BCUT2D eigenvalue weighted by atomic mass is 9.87. The molecule has 0 fully saturated rings. The normalized spacial score (nSPS) is 18.6. The van der Waals surface area contributed by atoms with Crippen molar-refractivity contribution in [1.82, 2.24) is 0 Å². The molecule has 1 aliphatic rings. The van der Waals surface area contributed by atoms with Crippen LogP contribution in [0.3, 0.4) is 0 Å². The molecular formula is C13H20O. The highest BCUT2D eigenvalue weighted by atomic mass is 16.1. The fourth-order valence-corrected chi connectivity index (χ4v) is 2.03. The molecule has 0 aromatic rings. The van der Waals surface area contributed by atoms with Gasteiger partial charge in [0.05, 0.1) is 0 Å². The van der Waals surface area contributed by atoms with Crippen molar-refractivity contribution in [2.24, 2.45) is 0 Å². The van der Waals surface area contributed by atoms with Gasteiger partial charge < -0.3 is 4.79 Å². The minimum Gasteiger partial charge on any atom is -0.303 e. The van der Waals surface area contributed by atoms with Gasteiger partial charge in [0.15, 0.2) is 0 Å². The quantitative estimate of drug-likeness (QED) is 0.489. The second-order valence-corrected chi connectivity index (χ2v) is 4.10. The van der Waals surface area contributed by atoms with Crippen LogP contribution in [0.1, 0.15) is 52.4 Å². The standard InChI is InChI=1S/C13H20O/c1-3-11(2)10-13-7-5-4-6-12(13)8-9-14/h3,9H,4-8,10H2,1-2H3. The summed E-state index contributed by atoms with van der Waals surface area (Å²) in [7, 11) is 0. The molecule has 0 aromatic heterocycles. The fraction of sp³-hybridized carbons (Fsp3) is 0.615. The van der Waals surface area contributed by atoms with Crippen LogP contribution in [0.5, 0.6) is 0 Å². The Bertz CT molecular complexity index is 258. The van der Waals surface area contributed by atoms with Crippen LogP contribution in [0, 0.1) is 0 Å². The Morgan fingerprint density at radius 3 is 2.50 bits per heavy atom. The average Bonchev–Trinajstić information content (AvgIpc) is 2.21. The predicted molar refractivity (Wildman–Crippen MR) is 60.2 cm³/mol. The molecule has 0 atom stereocenters. The Labute approximate surface area is 86.9 Å². The molecule has 0 radical (unpaired) electrons. The number of carbonyl (C=O) groups is 1. The molecular weight excluding hydrogens is 172 g/mol. The Hall–Kier alpha value is -0.850. The maximum Gasteiger partial charge on any atom is 0.124 e. The van der Waals surface area contributed by atoms with E-state index in [1.54, 1.807) is 0 Å². The first-order valence-electron chi connectivity index (χ1n) is 5.53. The lowest BCUT2D eigenvalue weighted by molar-refractivity contribution is -0.107. The largest absolute Gasteiger partial charge is 0.303 e. The van der Waals surface area contributed by atoms with E-state index in [-0.39, 0.29) is 0 Å². The molecule has 0 bridgehead atoms. The summed E-state index contributed by atoms with van der Waals surface area (Å²) in [5.41, 5.74) is 4.36. The van der Waals surface area contributed by atoms with Gasteiger partial charge >= 0.3 is 0 Å². The number of allylic oxidation sites excluding steroid dienone is 4. The highest BCUT2D eigenvalue weighted by Gasteiger charge is 2.12. The van der Waals surface area contributed by atoms with E-state index in [1.807, 2.05) is 0 Å². The van der Waals surface area contributed by atoms with Crippen molar-refractivity contribution in [3.8, 4) is 0 Å². The molecule has 0 heterocycles. The van der Waals surface area contributed by atoms with Gasteiger partial charge in [-0.2, -0.15) is 0 Å². The SMILES string of the molecule is CC=C(C)CC1=C(CC=O)CCCC1. The monoisotopic (exact) mass is 192 g/mol.